The van der Waals surface area contributed by atoms with Crippen LogP contribution in [-0.2, 0) is 4.79 Å². The molecule has 3 rings (SSSR count). The van der Waals surface area contributed by atoms with Gasteiger partial charge in [0.2, 0.25) is 0 Å². The topological polar surface area (TPSA) is 134 Å². The van der Waals surface area contributed by atoms with Gasteiger partial charge in [-0.15, -0.1) is 0 Å². The lowest BCUT2D eigenvalue weighted by Crippen LogP contribution is -2.58. The predicted molar refractivity (Wildman–Crippen MR) is 102 cm³/mol. The van der Waals surface area contributed by atoms with Gasteiger partial charge in [-0.25, -0.2) is 10.3 Å². The van der Waals surface area contributed by atoms with Crippen LogP contribution in [0.5, 0.6) is 0 Å². The van der Waals surface area contributed by atoms with Crippen LogP contribution >= 0.6 is 0 Å². The number of hydrogen-bond acceptors (Lipinski definition) is 6. The molecule has 2 atom stereocenters. The van der Waals surface area contributed by atoms with Crippen molar-refractivity contribution < 1.29 is 19.9 Å². The number of anilines is 1. The van der Waals surface area contributed by atoms with E-state index < -0.39 is 24.1 Å². The molecule has 1 aromatic carbocycles. The summed E-state index contributed by atoms with van der Waals surface area (Å²) < 4.78 is 0. The van der Waals surface area contributed by atoms with Crippen molar-refractivity contribution in [2.45, 2.75) is 19.1 Å². The first-order valence-corrected chi connectivity index (χ1v) is 9.01. The molecule has 5 N–H and O–H groups in total. The highest BCUT2D eigenvalue weighted by molar-refractivity contribution is 5.87. The zero-order valence-corrected chi connectivity index (χ0v) is 15.5. The Morgan fingerprint density at radius 3 is 2.36 bits per heavy atom. The van der Waals surface area contributed by atoms with Crippen molar-refractivity contribution in [1.29, 1.82) is 0 Å². The first-order chi connectivity index (χ1) is 13.5. The standard InChI is InChI=1S/C18H24N6O4/c1-12(25)16(17(26)22-28)21-18(27)24-8-6-23(7-9-24)15-4-2-13(3-5-15)14-10-19-20-11-14/h2-5,10-12,16,25,28H,6-9H2,1H3,(H,19,20)(H,21,27)(H,22,26)/t12-,16+/m0/s1. The second kappa shape index (κ2) is 8.72. The second-order valence-electron chi connectivity index (χ2n) is 6.65. The van der Waals surface area contributed by atoms with Crippen LogP contribution in [0.4, 0.5) is 10.5 Å². The number of aliphatic hydroxyl groups is 1. The van der Waals surface area contributed by atoms with E-state index in [2.05, 4.69) is 20.4 Å². The molecular formula is C18H24N6O4. The Bertz CT molecular complexity index is 785. The lowest BCUT2D eigenvalue weighted by Gasteiger charge is -2.36. The van der Waals surface area contributed by atoms with E-state index in [-0.39, 0.29) is 0 Å². The fraction of sp³-hybridized carbons (Fsp3) is 0.389. The highest BCUT2D eigenvalue weighted by Gasteiger charge is 2.29. The molecular weight excluding hydrogens is 364 g/mol. The van der Waals surface area contributed by atoms with Crippen molar-refractivity contribution >= 4 is 17.6 Å². The molecule has 28 heavy (non-hydrogen) atoms. The van der Waals surface area contributed by atoms with E-state index in [1.165, 1.54) is 12.4 Å². The smallest absolute Gasteiger partial charge is 0.318 e. The molecule has 0 spiro atoms. The van der Waals surface area contributed by atoms with E-state index in [0.717, 1.165) is 16.8 Å². The molecule has 2 heterocycles. The van der Waals surface area contributed by atoms with Crippen molar-refractivity contribution in [3.8, 4) is 11.1 Å². The number of aliphatic hydroxyl groups excluding tert-OH is 1. The van der Waals surface area contributed by atoms with Gasteiger partial charge in [0.15, 0.2) is 0 Å². The maximum Gasteiger partial charge on any atom is 0.318 e. The number of nitrogens with zero attached hydrogens (tertiary/aromatic N) is 3. The summed E-state index contributed by atoms with van der Waals surface area (Å²) >= 11 is 0. The van der Waals surface area contributed by atoms with Crippen LogP contribution in [0, 0.1) is 0 Å². The number of urea groups is 1. The minimum atomic E-state index is -1.22. The van der Waals surface area contributed by atoms with Gasteiger partial charge >= 0.3 is 6.03 Å². The lowest BCUT2D eigenvalue weighted by molar-refractivity contribution is -0.133. The van der Waals surface area contributed by atoms with Gasteiger partial charge in [-0.2, -0.15) is 5.10 Å². The fourth-order valence-electron chi connectivity index (χ4n) is 3.14. The van der Waals surface area contributed by atoms with Crippen molar-refractivity contribution in [3.05, 3.63) is 36.7 Å². The summed E-state index contributed by atoms with van der Waals surface area (Å²) in [5, 5.41) is 27.5. The van der Waals surface area contributed by atoms with Gasteiger partial charge in [-0.1, -0.05) is 12.1 Å². The summed E-state index contributed by atoms with van der Waals surface area (Å²) in [4.78, 5) is 27.7. The zero-order chi connectivity index (χ0) is 20.1. The van der Waals surface area contributed by atoms with E-state index >= 15 is 0 Å². The van der Waals surface area contributed by atoms with Crippen LogP contribution < -0.4 is 15.7 Å². The zero-order valence-electron chi connectivity index (χ0n) is 15.5. The van der Waals surface area contributed by atoms with Gasteiger partial charge < -0.3 is 20.2 Å². The number of nitrogens with one attached hydrogen (secondary N) is 3. The number of carbonyl (C=O) groups excluding carboxylic acids is 2. The van der Waals surface area contributed by atoms with Crippen LogP contribution in [0.25, 0.3) is 11.1 Å². The van der Waals surface area contributed by atoms with E-state index in [0.29, 0.717) is 26.2 Å². The van der Waals surface area contributed by atoms with E-state index in [9.17, 15) is 14.7 Å². The van der Waals surface area contributed by atoms with E-state index in [1.54, 1.807) is 11.1 Å². The fourth-order valence-corrected chi connectivity index (χ4v) is 3.14. The molecule has 0 unspecified atom stereocenters. The highest BCUT2D eigenvalue weighted by atomic mass is 16.5. The summed E-state index contributed by atoms with van der Waals surface area (Å²) in [6.45, 7) is 3.60. The third-order valence-electron chi connectivity index (χ3n) is 4.78. The number of carbonyl (C=O) groups is 2. The van der Waals surface area contributed by atoms with Crippen molar-refractivity contribution in [3.63, 3.8) is 0 Å². The third kappa shape index (κ3) is 4.41. The molecule has 150 valence electrons. The quantitative estimate of drug-likeness (QED) is 0.366. The third-order valence-corrected chi connectivity index (χ3v) is 4.78. The number of aromatic amines is 1. The molecule has 1 fully saturated rings. The molecule has 0 bridgehead atoms. The highest BCUT2D eigenvalue weighted by Crippen LogP contribution is 2.23. The van der Waals surface area contributed by atoms with Gasteiger partial charge in [-0.05, 0) is 24.6 Å². The summed E-state index contributed by atoms with van der Waals surface area (Å²) in [6, 6.07) is 6.45. The number of hydrogen-bond donors (Lipinski definition) is 5. The number of rotatable bonds is 5. The molecule has 10 heteroatoms. The van der Waals surface area contributed by atoms with Gasteiger partial charge in [0.25, 0.3) is 5.91 Å². The maximum atomic E-state index is 12.4. The van der Waals surface area contributed by atoms with Crippen LogP contribution in [0.2, 0.25) is 0 Å². The van der Waals surface area contributed by atoms with Crippen LogP contribution in [0.15, 0.2) is 36.7 Å². The molecule has 0 radical (unpaired) electrons. The normalized spacial score (nSPS) is 16.4. The molecule has 0 aliphatic carbocycles. The first-order valence-electron chi connectivity index (χ1n) is 9.01. The largest absolute Gasteiger partial charge is 0.391 e. The molecule has 2 aromatic rings. The second-order valence-corrected chi connectivity index (χ2v) is 6.65. The number of H-pyrrole nitrogens is 1. The minimum absolute atomic E-state index is 0.454. The Morgan fingerprint density at radius 2 is 1.82 bits per heavy atom. The predicted octanol–water partition coefficient (Wildman–Crippen LogP) is 0.163. The number of benzene rings is 1. The summed E-state index contributed by atoms with van der Waals surface area (Å²) in [5.41, 5.74) is 4.61. The molecule has 1 saturated heterocycles. The van der Waals surface area contributed by atoms with Gasteiger partial charge in [0.1, 0.15) is 6.04 Å². The Labute approximate surface area is 162 Å². The first kappa shape index (κ1) is 19.6. The molecule has 1 aliphatic heterocycles. The van der Waals surface area contributed by atoms with E-state index in [1.807, 2.05) is 30.5 Å². The summed E-state index contributed by atoms with van der Waals surface area (Å²) in [5.74, 6) is -0.861. The van der Waals surface area contributed by atoms with Crippen LogP contribution in [0.1, 0.15) is 6.92 Å². The average molecular weight is 388 g/mol. The van der Waals surface area contributed by atoms with Crippen LogP contribution in [0.3, 0.4) is 0 Å². The molecule has 0 saturated carbocycles. The molecule has 10 nitrogen and oxygen atoms in total. The number of hydroxylamine groups is 1. The average Bonchev–Trinajstić information content (AvgIpc) is 3.26. The Kier molecular flexibility index (Phi) is 6.12. The van der Waals surface area contributed by atoms with Crippen LogP contribution in [-0.4, -0.2) is 75.7 Å². The molecule has 3 amide bonds. The summed E-state index contributed by atoms with van der Waals surface area (Å²) in [6.07, 6.45) is 2.47. The van der Waals surface area contributed by atoms with Crippen molar-refractivity contribution in [2.75, 3.05) is 31.1 Å². The van der Waals surface area contributed by atoms with Gasteiger partial charge in [0, 0.05) is 43.6 Å². The Hall–Kier alpha value is -3.11. The molecule has 1 aliphatic rings. The number of amides is 3. The summed E-state index contributed by atoms with van der Waals surface area (Å²) in [7, 11) is 0. The number of aromatic nitrogens is 2. The maximum absolute atomic E-state index is 12.4. The van der Waals surface area contributed by atoms with Crippen molar-refractivity contribution in [1.82, 2.24) is 25.9 Å². The monoisotopic (exact) mass is 388 g/mol. The van der Waals surface area contributed by atoms with E-state index in [4.69, 9.17) is 5.21 Å². The SMILES string of the molecule is C[C@H](O)[C@@H](NC(=O)N1CCN(c2ccc(-c3cn[nH]c3)cc2)CC1)C(=O)NO. The lowest BCUT2D eigenvalue weighted by atomic mass is 10.1. The molecule has 1 aromatic heterocycles. The van der Waals surface area contributed by atoms with Gasteiger partial charge in [-0.3, -0.25) is 15.1 Å². The minimum Gasteiger partial charge on any atom is -0.391 e. The van der Waals surface area contributed by atoms with Gasteiger partial charge in [0.05, 0.1) is 12.3 Å². The Morgan fingerprint density at radius 1 is 1.14 bits per heavy atom. The number of piperazine rings is 1. The Balaban J connectivity index is 1.55. The van der Waals surface area contributed by atoms with Crippen molar-refractivity contribution in [2.24, 2.45) is 0 Å².